The van der Waals surface area contributed by atoms with Crippen molar-refractivity contribution in [2.24, 2.45) is 0 Å². The fourth-order valence-electron chi connectivity index (χ4n) is 3.15. The first kappa shape index (κ1) is 20.8. The van der Waals surface area contributed by atoms with Crippen molar-refractivity contribution in [3.8, 4) is 5.82 Å². The molecule has 0 saturated carbocycles. The molecule has 0 radical (unpaired) electrons. The van der Waals surface area contributed by atoms with Gasteiger partial charge in [-0.1, -0.05) is 42.1 Å². The highest BCUT2D eigenvalue weighted by Crippen LogP contribution is 2.24. The minimum atomic E-state index is -0.142. The quantitative estimate of drug-likeness (QED) is 0.352. The molecule has 2 aromatic heterocycles. The van der Waals surface area contributed by atoms with Crippen LogP contribution < -0.4 is 5.56 Å². The van der Waals surface area contributed by atoms with Crippen LogP contribution in [0.2, 0.25) is 0 Å². The van der Waals surface area contributed by atoms with Crippen molar-refractivity contribution in [3.63, 3.8) is 0 Å². The topological polar surface area (TPSA) is 68.1 Å². The summed E-state index contributed by atoms with van der Waals surface area (Å²) in [4.78, 5) is 36.1. The SMILES string of the molecule is Cc1ccc(-n2c(SCc3ccc(C(=O)N(C)C)cc3)nc3ccccc3c2=O)nc1. The van der Waals surface area contributed by atoms with Gasteiger partial charge < -0.3 is 4.90 Å². The van der Waals surface area contributed by atoms with E-state index in [0.29, 0.717) is 33.2 Å². The largest absolute Gasteiger partial charge is 0.345 e. The van der Waals surface area contributed by atoms with E-state index < -0.39 is 0 Å². The van der Waals surface area contributed by atoms with Gasteiger partial charge in [0, 0.05) is 31.6 Å². The predicted octanol–water partition coefficient (Wildman–Crippen LogP) is 4.08. The Bertz CT molecular complexity index is 1300. The van der Waals surface area contributed by atoms with Crippen LogP contribution in [0.1, 0.15) is 21.5 Å². The Balaban J connectivity index is 1.70. The van der Waals surface area contributed by atoms with Crippen molar-refractivity contribution in [3.05, 3.63) is 93.9 Å². The molecule has 0 atom stereocenters. The molecule has 1 amide bonds. The van der Waals surface area contributed by atoms with Crippen LogP contribution in [0.15, 0.2) is 76.8 Å². The third-order valence-electron chi connectivity index (χ3n) is 4.84. The van der Waals surface area contributed by atoms with Crippen LogP contribution in [0.4, 0.5) is 0 Å². The van der Waals surface area contributed by atoms with Crippen molar-refractivity contribution < 1.29 is 4.79 Å². The smallest absolute Gasteiger partial charge is 0.267 e. The number of amides is 1. The van der Waals surface area contributed by atoms with Gasteiger partial charge in [0.05, 0.1) is 10.9 Å². The second-order valence-electron chi connectivity index (χ2n) is 7.43. The molecular formula is C24H22N4O2S. The standard InChI is InChI=1S/C24H22N4O2S/c1-16-8-13-21(25-14-16)28-23(30)19-6-4-5-7-20(19)26-24(28)31-15-17-9-11-18(12-10-17)22(29)27(2)3/h4-14H,15H2,1-3H3. The van der Waals surface area contributed by atoms with E-state index in [0.717, 1.165) is 11.1 Å². The van der Waals surface area contributed by atoms with Gasteiger partial charge in [0.15, 0.2) is 5.16 Å². The summed E-state index contributed by atoms with van der Waals surface area (Å²) in [7, 11) is 3.46. The molecule has 4 aromatic rings. The number of carbonyl (C=O) groups is 1. The number of fused-ring (bicyclic) bond motifs is 1. The summed E-state index contributed by atoms with van der Waals surface area (Å²) in [6.07, 6.45) is 1.74. The van der Waals surface area contributed by atoms with Gasteiger partial charge in [-0.15, -0.1) is 0 Å². The lowest BCUT2D eigenvalue weighted by atomic mass is 10.1. The van der Waals surface area contributed by atoms with Crippen molar-refractivity contribution in [1.29, 1.82) is 0 Å². The van der Waals surface area contributed by atoms with E-state index in [-0.39, 0.29) is 11.5 Å². The van der Waals surface area contributed by atoms with Crippen LogP contribution in [-0.4, -0.2) is 39.4 Å². The van der Waals surface area contributed by atoms with Gasteiger partial charge in [-0.05, 0) is 48.4 Å². The summed E-state index contributed by atoms with van der Waals surface area (Å²) in [5.41, 5.74) is 3.21. The maximum absolute atomic E-state index is 13.3. The molecule has 0 fully saturated rings. The number of thioether (sulfide) groups is 1. The Hall–Kier alpha value is -3.45. The van der Waals surface area contributed by atoms with Crippen molar-refractivity contribution in [2.45, 2.75) is 17.8 Å². The number of aryl methyl sites for hydroxylation is 1. The number of hydrogen-bond acceptors (Lipinski definition) is 5. The highest BCUT2D eigenvalue weighted by atomic mass is 32.2. The molecule has 0 unspecified atom stereocenters. The van der Waals surface area contributed by atoms with Gasteiger partial charge in [0.1, 0.15) is 5.82 Å². The molecule has 31 heavy (non-hydrogen) atoms. The number of para-hydroxylation sites is 1. The van der Waals surface area contributed by atoms with E-state index in [9.17, 15) is 9.59 Å². The fourth-order valence-corrected chi connectivity index (χ4v) is 4.11. The molecule has 0 bridgehead atoms. The van der Waals surface area contributed by atoms with Gasteiger partial charge >= 0.3 is 0 Å². The first-order valence-corrected chi connectivity index (χ1v) is 10.8. The van der Waals surface area contributed by atoms with Crippen LogP contribution in [-0.2, 0) is 5.75 Å². The van der Waals surface area contributed by atoms with E-state index in [4.69, 9.17) is 4.98 Å². The van der Waals surface area contributed by atoms with Gasteiger partial charge in [-0.2, -0.15) is 0 Å². The molecule has 0 aliphatic rings. The molecule has 2 aromatic carbocycles. The number of aromatic nitrogens is 3. The van der Waals surface area contributed by atoms with Gasteiger partial charge in [0.25, 0.3) is 11.5 Å². The molecule has 156 valence electrons. The van der Waals surface area contributed by atoms with E-state index >= 15 is 0 Å². The maximum Gasteiger partial charge on any atom is 0.267 e. The lowest BCUT2D eigenvalue weighted by molar-refractivity contribution is 0.0827. The van der Waals surface area contributed by atoms with E-state index in [1.807, 2.05) is 61.5 Å². The minimum Gasteiger partial charge on any atom is -0.345 e. The average Bonchev–Trinajstić information content (AvgIpc) is 2.78. The van der Waals surface area contributed by atoms with Gasteiger partial charge in [-0.25, -0.2) is 14.5 Å². The summed E-state index contributed by atoms with van der Waals surface area (Å²) in [5.74, 6) is 1.12. The maximum atomic E-state index is 13.3. The van der Waals surface area contributed by atoms with E-state index in [1.54, 1.807) is 35.8 Å². The highest BCUT2D eigenvalue weighted by molar-refractivity contribution is 7.98. The third-order valence-corrected chi connectivity index (χ3v) is 5.85. The average molecular weight is 431 g/mol. The third kappa shape index (κ3) is 4.36. The van der Waals surface area contributed by atoms with Crippen LogP contribution in [0.25, 0.3) is 16.7 Å². The van der Waals surface area contributed by atoms with Crippen LogP contribution in [0.5, 0.6) is 0 Å². The Morgan fingerprint density at radius 1 is 1.03 bits per heavy atom. The Kier molecular flexibility index (Phi) is 5.86. The number of carbonyl (C=O) groups excluding carboxylic acids is 1. The number of pyridine rings is 1. The molecular weight excluding hydrogens is 408 g/mol. The van der Waals surface area contributed by atoms with Crippen LogP contribution >= 0.6 is 11.8 Å². The zero-order valence-corrected chi connectivity index (χ0v) is 18.4. The Morgan fingerprint density at radius 3 is 2.45 bits per heavy atom. The molecule has 0 N–H and O–H groups in total. The summed E-state index contributed by atoms with van der Waals surface area (Å²) < 4.78 is 1.57. The molecule has 0 spiro atoms. The fraction of sp³-hybridized carbons (Fsp3) is 0.167. The number of nitrogens with zero attached hydrogens (tertiary/aromatic N) is 4. The first-order chi connectivity index (χ1) is 14.9. The van der Waals surface area contributed by atoms with Gasteiger partial charge in [-0.3, -0.25) is 9.59 Å². The molecule has 4 rings (SSSR count). The molecule has 0 aliphatic heterocycles. The monoisotopic (exact) mass is 430 g/mol. The van der Waals surface area contributed by atoms with Crippen molar-refractivity contribution in [1.82, 2.24) is 19.4 Å². The Labute approximate surface area is 184 Å². The summed E-state index contributed by atoms with van der Waals surface area (Å²) in [6, 6.07) is 18.6. The zero-order valence-electron chi connectivity index (χ0n) is 17.6. The Morgan fingerprint density at radius 2 is 1.77 bits per heavy atom. The summed E-state index contributed by atoms with van der Waals surface area (Å²) >= 11 is 1.47. The number of hydrogen-bond donors (Lipinski definition) is 0. The second kappa shape index (κ2) is 8.73. The molecule has 2 heterocycles. The van der Waals surface area contributed by atoms with Crippen molar-refractivity contribution in [2.75, 3.05) is 14.1 Å². The summed E-state index contributed by atoms with van der Waals surface area (Å²) in [5, 5.41) is 1.13. The molecule has 6 nitrogen and oxygen atoms in total. The lowest BCUT2D eigenvalue weighted by Gasteiger charge is -2.13. The zero-order chi connectivity index (χ0) is 22.0. The normalized spacial score (nSPS) is 10.9. The van der Waals surface area contributed by atoms with E-state index in [1.165, 1.54) is 11.8 Å². The van der Waals surface area contributed by atoms with E-state index in [2.05, 4.69) is 4.98 Å². The second-order valence-corrected chi connectivity index (χ2v) is 8.37. The number of rotatable bonds is 5. The van der Waals surface area contributed by atoms with Gasteiger partial charge in [0.2, 0.25) is 0 Å². The minimum absolute atomic E-state index is 0.0327. The van der Waals surface area contributed by atoms with Crippen LogP contribution in [0, 0.1) is 6.92 Å². The molecule has 0 aliphatic carbocycles. The number of benzene rings is 2. The molecule has 7 heteroatoms. The lowest BCUT2D eigenvalue weighted by Crippen LogP contribution is -2.22. The predicted molar refractivity (Wildman–Crippen MR) is 124 cm³/mol. The molecule has 0 saturated heterocycles. The van der Waals surface area contributed by atoms with Crippen molar-refractivity contribution >= 4 is 28.6 Å². The highest BCUT2D eigenvalue weighted by Gasteiger charge is 2.14. The van der Waals surface area contributed by atoms with Crippen LogP contribution in [0.3, 0.4) is 0 Å². The first-order valence-electron chi connectivity index (χ1n) is 9.82. The summed E-state index contributed by atoms with van der Waals surface area (Å²) in [6.45, 7) is 1.96.